The summed E-state index contributed by atoms with van der Waals surface area (Å²) in [6.07, 6.45) is 8.39. The number of hydrogen-bond donors (Lipinski definition) is 1. The summed E-state index contributed by atoms with van der Waals surface area (Å²) in [6.45, 7) is 0. The van der Waals surface area contributed by atoms with Gasteiger partial charge in [0.05, 0.1) is 5.41 Å². The average Bonchev–Trinajstić information content (AvgIpc) is 2.85. The summed E-state index contributed by atoms with van der Waals surface area (Å²) in [7, 11) is 0. The largest absolute Gasteiger partial charge is 0.481 e. The molecule has 0 radical (unpaired) electrons. The molecule has 1 fully saturated rings. The molecule has 1 aromatic carbocycles. The Kier molecular flexibility index (Phi) is 4.58. The van der Waals surface area contributed by atoms with E-state index in [-0.39, 0.29) is 0 Å². The Hall–Kier alpha value is -0.960. The molecule has 0 aromatic heterocycles. The molecule has 3 heteroatoms. The Morgan fingerprint density at radius 1 is 1.14 bits per heavy atom. The van der Waals surface area contributed by atoms with Crippen molar-refractivity contribution >= 4 is 17.7 Å². The number of fused-ring (bicyclic) bond motifs is 1. The third-order valence-electron chi connectivity index (χ3n) is 5.20. The highest BCUT2D eigenvalue weighted by molar-refractivity contribution is 7.99. The molecule has 0 bridgehead atoms. The molecule has 1 unspecified atom stereocenters. The van der Waals surface area contributed by atoms with Crippen molar-refractivity contribution in [3.05, 3.63) is 29.8 Å². The molecule has 0 amide bonds. The molecule has 0 saturated heterocycles. The van der Waals surface area contributed by atoms with Gasteiger partial charge in [-0.1, -0.05) is 50.3 Å². The molecule has 1 aromatic rings. The Morgan fingerprint density at radius 3 is 2.52 bits per heavy atom. The number of carboxylic acid groups (broad SMARTS) is 1. The standard InChI is InChI=1S/C18H24O2S/c19-17(20)18(10-6-2-1-3-7-11-18)12-14-13-21-16-9-5-4-8-15(14)16/h4-5,8-9,14H,1-3,6-7,10-13H2,(H,19,20). The predicted octanol–water partition coefficient (Wildman–Crippen LogP) is 5.08. The highest BCUT2D eigenvalue weighted by Crippen LogP contribution is 2.48. The van der Waals surface area contributed by atoms with Gasteiger partial charge in [0.25, 0.3) is 0 Å². The third kappa shape index (κ3) is 3.13. The zero-order valence-corrected chi connectivity index (χ0v) is 13.3. The Balaban J connectivity index is 1.81. The van der Waals surface area contributed by atoms with Crippen LogP contribution in [-0.2, 0) is 4.79 Å². The monoisotopic (exact) mass is 304 g/mol. The van der Waals surface area contributed by atoms with Gasteiger partial charge < -0.3 is 5.11 Å². The molecule has 1 saturated carbocycles. The third-order valence-corrected chi connectivity index (χ3v) is 6.45. The lowest BCUT2D eigenvalue weighted by molar-refractivity contribution is -0.151. The fraction of sp³-hybridized carbons (Fsp3) is 0.611. The molecule has 0 spiro atoms. The summed E-state index contributed by atoms with van der Waals surface area (Å²) in [6, 6.07) is 8.53. The first-order chi connectivity index (χ1) is 10.2. The minimum atomic E-state index is -0.557. The predicted molar refractivity (Wildman–Crippen MR) is 86.9 cm³/mol. The summed E-state index contributed by atoms with van der Waals surface area (Å²) < 4.78 is 0. The van der Waals surface area contributed by atoms with Crippen LogP contribution in [0.2, 0.25) is 0 Å². The van der Waals surface area contributed by atoms with E-state index in [1.165, 1.54) is 29.7 Å². The number of carboxylic acids is 1. The fourth-order valence-corrected chi connectivity index (χ4v) is 5.21. The van der Waals surface area contributed by atoms with E-state index in [1.54, 1.807) is 0 Å². The van der Waals surface area contributed by atoms with Crippen LogP contribution in [0.25, 0.3) is 0 Å². The van der Waals surface area contributed by atoms with Gasteiger partial charge in [0.1, 0.15) is 0 Å². The first kappa shape index (κ1) is 15.0. The quantitative estimate of drug-likeness (QED) is 0.846. The first-order valence-electron chi connectivity index (χ1n) is 8.16. The first-order valence-corrected chi connectivity index (χ1v) is 9.15. The zero-order chi connectivity index (χ0) is 14.7. The molecule has 2 nitrogen and oxygen atoms in total. The summed E-state index contributed by atoms with van der Waals surface area (Å²) in [5.41, 5.74) is 0.897. The van der Waals surface area contributed by atoms with Gasteiger partial charge >= 0.3 is 5.97 Å². The van der Waals surface area contributed by atoms with Gasteiger partial charge in [-0.25, -0.2) is 0 Å². The highest BCUT2D eigenvalue weighted by atomic mass is 32.2. The Bertz CT molecular complexity index is 504. The average molecular weight is 304 g/mol. The number of rotatable bonds is 3. The number of benzene rings is 1. The van der Waals surface area contributed by atoms with Crippen molar-refractivity contribution in [1.82, 2.24) is 0 Å². The van der Waals surface area contributed by atoms with Crippen LogP contribution >= 0.6 is 11.8 Å². The maximum Gasteiger partial charge on any atom is 0.309 e. The molecule has 21 heavy (non-hydrogen) atoms. The molecular weight excluding hydrogens is 280 g/mol. The van der Waals surface area contributed by atoms with Crippen LogP contribution in [0, 0.1) is 5.41 Å². The molecule has 1 atom stereocenters. The molecule has 3 rings (SSSR count). The molecule has 1 N–H and O–H groups in total. The minimum Gasteiger partial charge on any atom is -0.481 e. The van der Waals surface area contributed by atoms with E-state index in [9.17, 15) is 9.90 Å². The van der Waals surface area contributed by atoms with Crippen molar-refractivity contribution in [3.63, 3.8) is 0 Å². The molecule has 1 heterocycles. The van der Waals surface area contributed by atoms with Gasteiger partial charge in [-0.2, -0.15) is 0 Å². The smallest absolute Gasteiger partial charge is 0.309 e. The number of thioether (sulfide) groups is 1. The molecule has 1 aliphatic carbocycles. The maximum atomic E-state index is 12.0. The number of hydrogen-bond acceptors (Lipinski definition) is 2. The molecule has 1 aliphatic heterocycles. The van der Waals surface area contributed by atoms with Gasteiger partial charge in [0, 0.05) is 10.6 Å². The SMILES string of the molecule is O=C(O)C1(CC2CSc3ccccc32)CCCCCCC1. The van der Waals surface area contributed by atoms with Crippen molar-refractivity contribution in [2.45, 2.75) is 62.2 Å². The van der Waals surface area contributed by atoms with Gasteiger partial charge in [-0.3, -0.25) is 4.79 Å². The Labute approximate surface area is 131 Å². The summed E-state index contributed by atoms with van der Waals surface area (Å²) in [5, 5.41) is 9.91. The van der Waals surface area contributed by atoms with Gasteiger partial charge in [-0.05, 0) is 36.8 Å². The van der Waals surface area contributed by atoms with Crippen molar-refractivity contribution in [3.8, 4) is 0 Å². The second kappa shape index (κ2) is 6.43. The van der Waals surface area contributed by atoms with E-state index >= 15 is 0 Å². The van der Waals surface area contributed by atoms with E-state index in [0.29, 0.717) is 5.92 Å². The lowest BCUT2D eigenvalue weighted by atomic mass is 9.70. The van der Waals surface area contributed by atoms with Crippen molar-refractivity contribution in [2.75, 3.05) is 5.75 Å². The summed E-state index contributed by atoms with van der Waals surface area (Å²) in [5.74, 6) is 0.912. The van der Waals surface area contributed by atoms with Gasteiger partial charge in [0.15, 0.2) is 0 Å². The Morgan fingerprint density at radius 2 is 1.81 bits per heavy atom. The van der Waals surface area contributed by atoms with Crippen LogP contribution in [0.3, 0.4) is 0 Å². The van der Waals surface area contributed by atoms with E-state index in [2.05, 4.69) is 24.3 Å². The van der Waals surface area contributed by atoms with Crippen LogP contribution in [0.4, 0.5) is 0 Å². The summed E-state index contributed by atoms with van der Waals surface area (Å²) in [4.78, 5) is 13.4. The summed E-state index contributed by atoms with van der Waals surface area (Å²) >= 11 is 1.89. The van der Waals surface area contributed by atoms with Crippen LogP contribution in [0.5, 0.6) is 0 Å². The fourth-order valence-electron chi connectivity index (χ4n) is 3.96. The minimum absolute atomic E-state index is 0.418. The van der Waals surface area contributed by atoms with E-state index < -0.39 is 11.4 Å². The maximum absolute atomic E-state index is 12.0. The van der Waals surface area contributed by atoms with Gasteiger partial charge in [-0.15, -0.1) is 11.8 Å². The number of aliphatic carboxylic acids is 1. The molecule has 114 valence electrons. The topological polar surface area (TPSA) is 37.3 Å². The lowest BCUT2D eigenvalue weighted by Gasteiger charge is -2.33. The van der Waals surface area contributed by atoms with Crippen LogP contribution in [0.1, 0.15) is 62.8 Å². The second-order valence-corrected chi connectivity index (χ2v) is 7.66. The van der Waals surface area contributed by atoms with Crippen LogP contribution in [-0.4, -0.2) is 16.8 Å². The molecule has 2 aliphatic rings. The normalized spacial score (nSPS) is 24.9. The lowest BCUT2D eigenvalue weighted by Crippen LogP contribution is -2.33. The van der Waals surface area contributed by atoms with Crippen molar-refractivity contribution in [1.29, 1.82) is 0 Å². The highest BCUT2D eigenvalue weighted by Gasteiger charge is 2.41. The zero-order valence-electron chi connectivity index (χ0n) is 12.5. The second-order valence-electron chi connectivity index (χ2n) is 6.60. The molecular formula is C18H24O2S. The van der Waals surface area contributed by atoms with Crippen molar-refractivity contribution in [2.24, 2.45) is 5.41 Å². The van der Waals surface area contributed by atoms with Crippen LogP contribution in [0.15, 0.2) is 29.2 Å². The van der Waals surface area contributed by atoms with Gasteiger partial charge in [0.2, 0.25) is 0 Å². The van der Waals surface area contributed by atoms with Crippen LogP contribution < -0.4 is 0 Å². The van der Waals surface area contributed by atoms with E-state index in [1.807, 2.05) is 11.8 Å². The van der Waals surface area contributed by atoms with Crippen molar-refractivity contribution < 1.29 is 9.90 Å². The van der Waals surface area contributed by atoms with E-state index in [0.717, 1.165) is 37.9 Å². The van der Waals surface area contributed by atoms with E-state index in [4.69, 9.17) is 0 Å². The number of carbonyl (C=O) groups is 1.